The molecule has 0 amide bonds. The molecular weight excluding hydrogens is 312 g/mol. The standard InChI is InChI=1S/C22H12O3/c23-17-9-10-18(24)21-16(17)11-19(25)15-8-7-13-6-5-12-3-1-2-4-14(12)20(13)22(15)21/h1-11,25H. The summed E-state index contributed by atoms with van der Waals surface area (Å²) in [7, 11) is 0. The van der Waals surface area contributed by atoms with Crippen LogP contribution in [0.15, 0.2) is 66.7 Å². The van der Waals surface area contributed by atoms with E-state index in [4.69, 9.17) is 0 Å². The molecule has 1 aliphatic rings. The van der Waals surface area contributed by atoms with Crippen molar-refractivity contribution in [2.75, 3.05) is 0 Å². The number of carbonyl (C=O) groups excluding carboxylic acids is 2. The van der Waals surface area contributed by atoms with Crippen LogP contribution < -0.4 is 0 Å². The predicted octanol–water partition coefficient (Wildman–Crippen LogP) is 4.79. The second-order valence-electron chi connectivity index (χ2n) is 6.25. The van der Waals surface area contributed by atoms with Crippen LogP contribution in [0.4, 0.5) is 0 Å². The van der Waals surface area contributed by atoms with Crippen molar-refractivity contribution in [2.24, 2.45) is 0 Å². The van der Waals surface area contributed by atoms with Crippen LogP contribution in [0.2, 0.25) is 0 Å². The van der Waals surface area contributed by atoms with E-state index in [1.165, 1.54) is 18.2 Å². The van der Waals surface area contributed by atoms with Gasteiger partial charge >= 0.3 is 0 Å². The van der Waals surface area contributed by atoms with Gasteiger partial charge in [0.15, 0.2) is 11.6 Å². The lowest BCUT2D eigenvalue weighted by atomic mass is 9.86. The number of phenols is 1. The molecule has 25 heavy (non-hydrogen) atoms. The van der Waals surface area contributed by atoms with Gasteiger partial charge in [0, 0.05) is 21.9 Å². The first-order chi connectivity index (χ1) is 12.1. The van der Waals surface area contributed by atoms with Gasteiger partial charge < -0.3 is 5.11 Å². The van der Waals surface area contributed by atoms with E-state index in [0.717, 1.165) is 21.5 Å². The summed E-state index contributed by atoms with van der Waals surface area (Å²) < 4.78 is 0. The molecule has 3 nitrogen and oxygen atoms in total. The first kappa shape index (κ1) is 13.9. The number of ketones is 2. The topological polar surface area (TPSA) is 54.4 Å². The molecule has 0 atom stereocenters. The summed E-state index contributed by atoms with van der Waals surface area (Å²) >= 11 is 0. The Morgan fingerprint density at radius 3 is 2.28 bits per heavy atom. The first-order valence-corrected chi connectivity index (χ1v) is 8.02. The van der Waals surface area contributed by atoms with Crippen LogP contribution in [-0.2, 0) is 0 Å². The number of phenolic OH excluding ortho intramolecular Hbond substituents is 1. The van der Waals surface area contributed by atoms with Gasteiger partial charge in [-0.1, -0.05) is 42.5 Å². The van der Waals surface area contributed by atoms with Crippen LogP contribution in [0, 0.1) is 0 Å². The summed E-state index contributed by atoms with van der Waals surface area (Å²) in [4.78, 5) is 24.9. The van der Waals surface area contributed by atoms with Crippen molar-refractivity contribution in [3.8, 4) is 5.75 Å². The Labute approximate surface area is 142 Å². The molecule has 5 rings (SSSR count). The van der Waals surface area contributed by atoms with Crippen molar-refractivity contribution >= 4 is 43.9 Å². The fourth-order valence-corrected chi connectivity index (χ4v) is 3.77. The first-order valence-electron chi connectivity index (χ1n) is 8.02. The summed E-state index contributed by atoms with van der Waals surface area (Å²) in [6.45, 7) is 0. The van der Waals surface area contributed by atoms with E-state index in [-0.39, 0.29) is 22.9 Å². The minimum atomic E-state index is -0.260. The highest BCUT2D eigenvalue weighted by Gasteiger charge is 2.25. The molecule has 0 fully saturated rings. The third-order valence-electron chi connectivity index (χ3n) is 4.88. The Kier molecular flexibility index (Phi) is 2.66. The molecule has 0 unspecified atom stereocenters. The molecule has 3 heteroatoms. The average Bonchev–Trinajstić information content (AvgIpc) is 2.64. The molecule has 1 N–H and O–H groups in total. The van der Waals surface area contributed by atoms with Crippen LogP contribution in [0.5, 0.6) is 5.75 Å². The molecule has 0 saturated heterocycles. The van der Waals surface area contributed by atoms with E-state index >= 15 is 0 Å². The maximum absolute atomic E-state index is 12.6. The summed E-state index contributed by atoms with van der Waals surface area (Å²) in [5.74, 6) is -0.455. The Bertz CT molecular complexity index is 1280. The smallest absolute Gasteiger partial charge is 0.187 e. The Morgan fingerprint density at radius 1 is 0.680 bits per heavy atom. The molecule has 0 bridgehead atoms. The molecule has 0 aromatic heterocycles. The summed E-state index contributed by atoms with van der Waals surface area (Å²) in [5, 5.41) is 15.6. The summed E-state index contributed by atoms with van der Waals surface area (Å²) in [6.07, 6.45) is 2.57. The molecule has 0 spiro atoms. The number of rotatable bonds is 0. The lowest BCUT2D eigenvalue weighted by molar-refractivity contribution is 0.0995. The zero-order chi connectivity index (χ0) is 17.1. The van der Waals surface area contributed by atoms with E-state index in [0.29, 0.717) is 16.3 Å². The minimum absolute atomic E-state index is 0.0139. The monoisotopic (exact) mass is 324 g/mol. The number of benzene rings is 4. The van der Waals surface area contributed by atoms with Crippen LogP contribution in [0.1, 0.15) is 20.7 Å². The molecular formula is C22H12O3. The second kappa shape index (κ2) is 4.77. The lowest BCUT2D eigenvalue weighted by Crippen LogP contribution is -2.12. The molecule has 4 aromatic rings. The number of allylic oxidation sites excluding steroid dienone is 2. The van der Waals surface area contributed by atoms with E-state index < -0.39 is 0 Å². The second-order valence-corrected chi connectivity index (χ2v) is 6.25. The quantitative estimate of drug-likeness (QED) is 0.473. The highest BCUT2D eigenvalue weighted by Crippen LogP contribution is 2.40. The average molecular weight is 324 g/mol. The summed E-state index contributed by atoms with van der Waals surface area (Å²) in [5.41, 5.74) is 0.639. The fraction of sp³-hybridized carbons (Fsp3) is 0. The van der Waals surface area contributed by atoms with Gasteiger partial charge in [0.1, 0.15) is 5.75 Å². The minimum Gasteiger partial charge on any atom is -0.507 e. The van der Waals surface area contributed by atoms with Crippen molar-refractivity contribution in [3.05, 3.63) is 77.9 Å². The highest BCUT2D eigenvalue weighted by molar-refractivity contribution is 6.33. The van der Waals surface area contributed by atoms with Gasteiger partial charge in [0.25, 0.3) is 0 Å². The van der Waals surface area contributed by atoms with Gasteiger partial charge in [-0.15, -0.1) is 0 Å². The van der Waals surface area contributed by atoms with Crippen LogP contribution in [-0.4, -0.2) is 16.7 Å². The SMILES string of the molecule is O=C1C=CC(=O)c2c1cc(O)c1ccc3ccc4ccccc4c3c21. The Morgan fingerprint density at radius 2 is 1.40 bits per heavy atom. The van der Waals surface area contributed by atoms with Crippen LogP contribution in [0.25, 0.3) is 32.3 Å². The van der Waals surface area contributed by atoms with Gasteiger partial charge in [0.05, 0.1) is 0 Å². The molecule has 118 valence electrons. The molecule has 0 saturated carbocycles. The molecule has 4 aromatic carbocycles. The van der Waals surface area contributed by atoms with Crippen molar-refractivity contribution in [1.82, 2.24) is 0 Å². The maximum Gasteiger partial charge on any atom is 0.187 e. The van der Waals surface area contributed by atoms with Crippen molar-refractivity contribution in [2.45, 2.75) is 0 Å². The predicted molar refractivity (Wildman–Crippen MR) is 98.4 cm³/mol. The van der Waals surface area contributed by atoms with Crippen LogP contribution >= 0.6 is 0 Å². The fourth-order valence-electron chi connectivity index (χ4n) is 3.77. The van der Waals surface area contributed by atoms with Gasteiger partial charge in [-0.3, -0.25) is 9.59 Å². The van der Waals surface area contributed by atoms with Crippen molar-refractivity contribution in [3.63, 3.8) is 0 Å². The van der Waals surface area contributed by atoms with E-state index in [1.54, 1.807) is 6.07 Å². The zero-order valence-electron chi connectivity index (χ0n) is 13.1. The van der Waals surface area contributed by atoms with E-state index in [9.17, 15) is 14.7 Å². The molecule has 1 aliphatic carbocycles. The van der Waals surface area contributed by atoms with Crippen LogP contribution in [0.3, 0.4) is 0 Å². The normalized spacial score (nSPS) is 13.8. The van der Waals surface area contributed by atoms with Gasteiger partial charge in [0.2, 0.25) is 0 Å². The molecule has 0 radical (unpaired) electrons. The van der Waals surface area contributed by atoms with Gasteiger partial charge in [-0.25, -0.2) is 0 Å². The van der Waals surface area contributed by atoms with Gasteiger partial charge in [-0.05, 0) is 45.8 Å². The van der Waals surface area contributed by atoms with Gasteiger partial charge in [-0.2, -0.15) is 0 Å². The Balaban J connectivity index is 2.15. The van der Waals surface area contributed by atoms with E-state index in [1.807, 2.05) is 42.5 Å². The summed E-state index contributed by atoms with van der Waals surface area (Å²) in [6, 6.07) is 17.1. The third kappa shape index (κ3) is 1.81. The van der Waals surface area contributed by atoms with Crippen molar-refractivity contribution < 1.29 is 14.7 Å². The largest absolute Gasteiger partial charge is 0.507 e. The zero-order valence-corrected chi connectivity index (χ0v) is 13.1. The highest BCUT2D eigenvalue weighted by atomic mass is 16.3. The number of hydrogen-bond donors (Lipinski definition) is 1. The maximum atomic E-state index is 12.6. The number of hydrogen-bond acceptors (Lipinski definition) is 3. The van der Waals surface area contributed by atoms with E-state index in [2.05, 4.69) is 0 Å². The third-order valence-corrected chi connectivity index (χ3v) is 4.88. The number of carbonyl (C=O) groups is 2. The number of fused-ring (bicyclic) bond motifs is 7. The number of aromatic hydroxyl groups is 1. The molecule has 0 aliphatic heterocycles. The lowest BCUT2D eigenvalue weighted by Gasteiger charge is -2.16. The molecule has 0 heterocycles. The van der Waals surface area contributed by atoms with Crippen molar-refractivity contribution in [1.29, 1.82) is 0 Å². The Hall–Kier alpha value is -3.46.